The van der Waals surface area contributed by atoms with Crippen LogP contribution in [0.4, 0.5) is 0 Å². The van der Waals surface area contributed by atoms with Gasteiger partial charge in [0.05, 0.1) is 7.11 Å². The van der Waals surface area contributed by atoms with Gasteiger partial charge in [-0.2, -0.15) is 0 Å². The van der Waals surface area contributed by atoms with E-state index in [0.717, 1.165) is 42.5 Å². The number of carbonyl (C=O) groups excluding carboxylic acids is 1. The van der Waals surface area contributed by atoms with E-state index in [0.29, 0.717) is 23.7 Å². The molecule has 2 aromatic carbocycles. The molecule has 2 heterocycles. The molecule has 4 rings (SSSR count). The fraction of sp³-hybridized carbons (Fsp3) is 0.286. The predicted octanol–water partition coefficient (Wildman–Crippen LogP) is 3.17. The van der Waals surface area contributed by atoms with Crippen LogP contribution in [0.25, 0.3) is 11.3 Å². The van der Waals surface area contributed by atoms with E-state index in [-0.39, 0.29) is 5.91 Å². The van der Waals surface area contributed by atoms with Crippen LogP contribution in [0.1, 0.15) is 15.2 Å². The Morgan fingerprint density at radius 3 is 2.43 bits per heavy atom. The summed E-state index contributed by atoms with van der Waals surface area (Å²) in [5, 5.41) is 4.20. The normalized spacial score (nSPS) is 14.8. The van der Waals surface area contributed by atoms with Crippen LogP contribution in [0.15, 0.2) is 54.6 Å². The maximum Gasteiger partial charge on any atom is 0.267 e. The predicted molar refractivity (Wildman–Crippen MR) is 110 cm³/mol. The van der Waals surface area contributed by atoms with Crippen molar-refractivity contribution >= 4 is 17.4 Å². The van der Waals surface area contributed by atoms with Gasteiger partial charge in [0.1, 0.15) is 16.3 Å². The minimum atomic E-state index is 0.0141. The smallest absolute Gasteiger partial charge is 0.267 e. The van der Waals surface area contributed by atoms with Gasteiger partial charge in [0.2, 0.25) is 0 Å². The molecule has 1 aliphatic rings. The number of aromatic nitrogens is 2. The maximum atomic E-state index is 13.1. The molecule has 28 heavy (non-hydrogen) atoms. The largest absolute Gasteiger partial charge is 0.497 e. The monoisotopic (exact) mass is 394 g/mol. The molecule has 1 aliphatic heterocycles. The van der Waals surface area contributed by atoms with Crippen molar-refractivity contribution in [2.45, 2.75) is 6.54 Å². The quantitative estimate of drug-likeness (QED) is 0.665. The van der Waals surface area contributed by atoms with Gasteiger partial charge in [-0.1, -0.05) is 34.8 Å². The van der Waals surface area contributed by atoms with Crippen LogP contribution >= 0.6 is 11.5 Å². The highest BCUT2D eigenvalue weighted by atomic mass is 32.1. The van der Waals surface area contributed by atoms with Crippen molar-refractivity contribution in [2.24, 2.45) is 0 Å². The first-order chi connectivity index (χ1) is 13.7. The Morgan fingerprint density at radius 1 is 1.04 bits per heavy atom. The van der Waals surface area contributed by atoms with Gasteiger partial charge in [-0.3, -0.25) is 9.69 Å². The molecule has 1 aromatic heterocycles. The molecule has 0 N–H and O–H groups in total. The molecule has 0 aliphatic carbocycles. The number of amides is 1. The highest BCUT2D eigenvalue weighted by Crippen LogP contribution is 2.27. The van der Waals surface area contributed by atoms with Crippen molar-refractivity contribution in [3.05, 3.63) is 65.0 Å². The van der Waals surface area contributed by atoms with Crippen molar-refractivity contribution in [1.29, 1.82) is 0 Å². The number of carbonyl (C=O) groups is 1. The summed E-state index contributed by atoms with van der Waals surface area (Å²) in [5.41, 5.74) is 2.82. The van der Waals surface area contributed by atoms with E-state index in [1.807, 2.05) is 35.2 Å². The Balaban J connectivity index is 1.41. The molecule has 144 valence electrons. The fourth-order valence-corrected chi connectivity index (χ4v) is 4.02. The Kier molecular flexibility index (Phi) is 5.64. The number of methoxy groups -OCH3 is 1. The van der Waals surface area contributed by atoms with Crippen LogP contribution in [0, 0.1) is 0 Å². The number of benzene rings is 2. The Hall–Kier alpha value is -2.77. The molecular weight excluding hydrogens is 372 g/mol. The molecule has 0 atom stereocenters. The van der Waals surface area contributed by atoms with Crippen LogP contribution in [-0.2, 0) is 6.54 Å². The van der Waals surface area contributed by atoms with Gasteiger partial charge in [0.25, 0.3) is 5.91 Å². The van der Waals surface area contributed by atoms with E-state index in [4.69, 9.17) is 4.74 Å². The summed E-state index contributed by atoms with van der Waals surface area (Å²) in [6, 6.07) is 18.0. The number of hydrogen-bond donors (Lipinski definition) is 0. The summed E-state index contributed by atoms with van der Waals surface area (Å²) >= 11 is 1.16. The molecule has 1 saturated heterocycles. The van der Waals surface area contributed by atoms with Gasteiger partial charge in [-0.05, 0) is 41.4 Å². The van der Waals surface area contributed by atoms with Gasteiger partial charge in [-0.15, -0.1) is 5.10 Å². The highest BCUT2D eigenvalue weighted by molar-refractivity contribution is 7.08. The minimum Gasteiger partial charge on any atom is -0.497 e. The van der Waals surface area contributed by atoms with Crippen molar-refractivity contribution in [3.8, 4) is 17.0 Å². The van der Waals surface area contributed by atoms with Crippen LogP contribution in [0.3, 0.4) is 0 Å². The molecule has 0 radical (unpaired) electrons. The minimum absolute atomic E-state index is 0.0141. The molecular formula is C21H22N4O2S. The van der Waals surface area contributed by atoms with E-state index < -0.39 is 0 Å². The molecule has 3 aromatic rings. The first kappa shape index (κ1) is 18.6. The summed E-state index contributed by atoms with van der Waals surface area (Å²) in [6.45, 7) is 4.08. The van der Waals surface area contributed by atoms with Crippen LogP contribution in [0.5, 0.6) is 5.75 Å². The van der Waals surface area contributed by atoms with E-state index >= 15 is 0 Å². The number of ether oxygens (including phenoxy) is 1. The number of nitrogens with zero attached hydrogens (tertiary/aromatic N) is 4. The highest BCUT2D eigenvalue weighted by Gasteiger charge is 2.26. The number of rotatable bonds is 5. The Bertz CT molecular complexity index is 919. The standard InChI is InChI=1S/C21H22N4O2S/c1-27-18-9-7-17(8-10-18)19-20(28-23-22-19)21(26)25-13-11-24(12-14-25)15-16-5-3-2-4-6-16/h2-10H,11-15H2,1H3. The Labute approximate surface area is 168 Å². The van der Waals surface area contributed by atoms with Gasteiger partial charge < -0.3 is 9.64 Å². The number of hydrogen-bond acceptors (Lipinski definition) is 6. The lowest BCUT2D eigenvalue weighted by atomic mass is 10.1. The SMILES string of the molecule is COc1ccc(-c2nnsc2C(=O)N2CCN(Cc3ccccc3)CC2)cc1. The topological polar surface area (TPSA) is 58.6 Å². The third-order valence-corrected chi connectivity index (χ3v) is 5.67. The van der Waals surface area contributed by atoms with Crippen molar-refractivity contribution in [1.82, 2.24) is 19.4 Å². The molecule has 0 saturated carbocycles. The Morgan fingerprint density at radius 2 is 1.75 bits per heavy atom. The van der Waals surface area contributed by atoms with E-state index in [9.17, 15) is 4.79 Å². The molecule has 6 nitrogen and oxygen atoms in total. The van der Waals surface area contributed by atoms with Crippen LogP contribution in [-0.4, -0.2) is 58.6 Å². The molecule has 0 unspecified atom stereocenters. The molecule has 0 spiro atoms. The average molecular weight is 395 g/mol. The summed E-state index contributed by atoms with van der Waals surface area (Å²) < 4.78 is 9.23. The summed E-state index contributed by atoms with van der Waals surface area (Å²) in [5.74, 6) is 0.787. The van der Waals surface area contributed by atoms with E-state index in [1.165, 1.54) is 5.56 Å². The van der Waals surface area contributed by atoms with Gasteiger partial charge in [-0.25, -0.2) is 0 Å². The lowest BCUT2D eigenvalue weighted by Gasteiger charge is -2.34. The molecule has 1 amide bonds. The fourth-order valence-electron chi connectivity index (χ4n) is 3.36. The summed E-state index contributed by atoms with van der Waals surface area (Å²) in [4.78, 5) is 17.9. The molecule has 0 bridgehead atoms. The van der Waals surface area contributed by atoms with Gasteiger partial charge in [0.15, 0.2) is 0 Å². The van der Waals surface area contributed by atoms with Crippen molar-refractivity contribution in [3.63, 3.8) is 0 Å². The summed E-state index contributed by atoms with van der Waals surface area (Å²) in [7, 11) is 1.63. The van der Waals surface area contributed by atoms with Crippen LogP contribution < -0.4 is 4.74 Å². The second-order valence-electron chi connectivity index (χ2n) is 6.73. The van der Waals surface area contributed by atoms with Crippen LogP contribution in [0.2, 0.25) is 0 Å². The molecule has 1 fully saturated rings. The first-order valence-electron chi connectivity index (χ1n) is 9.27. The van der Waals surface area contributed by atoms with Gasteiger partial charge in [0, 0.05) is 38.3 Å². The van der Waals surface area contributed by atoms with Crippen molar-refractivity contribution < 1.29 is 9.53 Å². The maximum absolute atomic E-state index is 13.1. The summed E-state index contributed by atoms with van der Waals surface area (Å²) in [6.07, 6.45) is 0. The second kappa shape index (κ2) is 8.50. The lowest BCUT2D eigenvalue weighted by molar-refractivity contribution is 0.0633. The third kappa shape index (κ3) is 4.05. The third-order valence-electron chi connectivity index (χ3n) is 4.95. The van der Waals surface area contributed by atoms with Gasteiger partial charge >= 0.3 is 0 Å². The average Bonchev–Trinajstić information content (AvgIpc) is 3.24. The van der Waals surface area contributed by atoms with E-state index in [2.05, 4.69) is 38.8 Å². The van der Waals surface area contributed by atoms with Crippen molar-refractivity contribution in [2.75, 3.05) is 33.3 Å². The number of piperazine rings is 1. The van der Waals surface area contributed by atoms with E-state index in [1.54, 1.807) is 7.11 Å². The first-order valence-corrected chi connectivity index (χ1v) is 10.0. The zero-order valence-electron chi connectivity index (χ0n) is 15.7. The second-order valence-corrected chi connectivity index (χ2v) is 7.49. The molecule has 7 heteroatoms. The lowest BCUT2D eigenvalue weighted by Crippen LogP contribution is -2.48. The zero-order valence-corrected chi connectivity index (χ0v) is 16.6. The zero-order chi connectivity index (χ0) is 19.3.